The number of nitrogens with zero attached hydrogens (tertiary/aromatic N) is 1. The van der Waals surface area contributed by atoms with Gasteiger partial charge in [0.1, 0.15) is 5.76 Å². The molecule has 1 radical (unpaired) electrons. The zero-order valence-corrected chi connectivity index (χ0v) is 37.4. The van der Waals surface area contributed by atoms with Gasteiger partial charge in [0.2, 0.25) is 0 Å². The van der Waals surface area contributed by atoms with Crippen molar-refractivity contribution in [1.29, 1.82) is 0 Å². The number of ketones is 1. The summed E-state index contributed by atoms with van der Waals surface area (Å²) >= 11 is 1.68. The van der Waals surface area contributed by atoms with Gasteiger partial charge in [-0.25, -0.2) is 0 Å². The zero-order chi connectivity index (χ0) is 42.8. The molecule has 0 fully saturated rings. The minimum atomic E-state index is -0.540. The van der Waals surface area contributed by atoms with E-state index in [0.29, 0.717) is 27.6 Å². The largest absolute Gasteiger partial charge is 0.512 e. The number of aliphatic hydroxyl groups excluding tert-OH is 1. The molecule has 0 amide bonds. The first kappa shape index (κ1) is 35.8. The molecular weight excluding hydrogens is 847 g/mol. The van der Waals surface area contributed by atoms with Crippen LogP contribution >= 0.6 is 11.3 Å². The van der Waals surface area contributed by atoms with Crippen LogP contribution in [0.15, 0.2) is 66.4 Å². The van der Waals surface area contributed by atoms with Crippen LogP contribution < -0.4 is 0 Å². The summed E-state index contributed by atoms with van der Waals surface area (Å²) in [5.41, 5.74) is 3.55. The van der Waals surface area contributed by atoms with Crippen LogP contribution in [0.5, 0.6) is 0 Å². The molecule has 0 aliphatic heterocycles. The summed E-state index contributed by atoms with van der Waals surface area (Å²) in [4.78, 5) is 17.0. The van der Waals surface area contributed by atoms with E-state index < -0.39 is 5.41 Å². The van der Waals surface area contributed by atoms with Gasteiger partial charge in [-0.05, 0) is 89.5 Å². The number of rotatable bonds is 8. The molecule has 0 unspecified atom stereocenters. The molecular formula is C48H62IrNO2S-. The van der Waals surface area contributed by atoms with Crippen LogP contribution in [0.3, 0.4) is 0 Å². The van der Waals surface area contributed by atoms with Gasteiger partial charge in [-0.3, -0.25) is 9.78 Å². The average Bonchev–Trinajstić information content (AvgIpc) is 3.54. The topological polar surface area (TPSA) is 50.2 Å². The standard InChI is InChI=1S/C33H34NS.C15H28O2.Ir/c1-31(2,3)25-17-21(16-20-10-8-9-11-22(20)25)29-30-23(12-15-34-29)24-18-26-27(19-28(24)35-30)33(6,7)14-13-32(26,4)5;1-7-14(5,8-2)12(16)11-13(17)15(6,9-3)10-4;/h8-12,15,17-19H,13-14H2,1-7H3;11,16H,7-10H2,1-6H3;/q-1;;/b;12-11-;/i8D,9D,10D,11D,17D;;. The van der Waals surface area contributed by atoms with Gasteiger partial charge in [0.15, 0.2) is 5.78 Å². The predicted octanol–water partition coefficient (Wildman–Crippen LogP) is 14.4. The summed E-state index contributed by atoms with van der Waals surface area (Å²) < 4.78 is 45.4. The monoisotopic (exact) mass is 914 g/mol. The normalized spacial score (nSPS) is 17.2. The van der Waals surface area contributed by atoms with E-state index in [1.54, 1.807) is 17.5 Å². The van der Waals surface area contributed by atoms with Crippen LogP contribution in [-0.4, -0.2) is 15.9 Å². The molecule has 1 aliphatic rings. The summed E-state index contributed by atoms with van der Waals surface area (Å²) in [6.45, 7) is 27.4. The number of benzene rings is 3. The number of allylic oxidation sites excluding steroid dienone is 2. The average molecular weight is 914 g/mol. The maximum atomic E-state index is 12.2. The second-order valence-corrected chi connectivity index (χ2v) is 18.8. The molecule has 287 valence electrons. The van der Waals surface area contributed by atoms with Gasteiger partial charge in [-0.2, -0.15) is 0 Å². The summed E-state index contributed by atoms with van der Waals surface area (Å²) in [7, 11) is 0. The molecule has 2 aromatic heterocycles. The van der Waals surface area contributed by atoms with E-state index in [1.165, 1.54) is 27.3 Å². The zero-order valence-electron chi connectivity index (χ0n) is 39.2. The molecule has 0 bridgehead atoms. The van der Waals surface area contributed by atoms with Crippen molar-refractivity contribution in [2.45, 2.75) is 145 Å². The number of hydrogen-bond donors (Lipinski definition) is 1. The molecule has 53 heavy (non-hydrogen) atoms. The molecule has 5 aromatic rings. The van der Waals surface area contributed by atoms with Crippen LogP contribution in [0, 0.1) is 16.9 Å². The van der Waals surface area contributed by atoms with Gasteiger partial charge in [0.25, 0.3) is 0 Å². The van der Waals surface area contributed by atoms with Gasteiger partial charge in [-0.15, -0.1) is 40.4 Å². The number of pyridine rings is 1. The van der Waals surface area contributed by atoms with Crippen molar-refractivity contribution in [3.63, 3.8) is 0 Å². The molecule has 1 aliphatic carbocycles. The third-order valence-corrected chi connectivity index (χ3v) is 13.6. The van der Waals surface area contributed by atoms with E-state index in [4.69, 9.17) is 10.5 Å². The fourth-order valence-electron chi connectivity index (χ4n) is 7.24. The molecule has 6 rings (SSSR count). The third kappa shape index (κ3) is 8.24. The minimum Gasteiger partial charge on any atom is -0.512 e. The molecule has 0 saturated heterocycles. The molecule has 5 heteroatoms. The molecule has 0 atom stereocenters. The Labute approximate surface area is 344 Å². The Hall–Kier alpha value is -2.85. The third-order valence-electron chi connectivity index (χ3n) is 12.4. The van der Waals surface area contributed by atoms with Crippen molar-refractivity contribution in [3.8, 4) is 11.3 Å². The van der Waals surface area contributed by atoms with Gasteiger partial charge in [0.05, 0.1) is 4.11 Å². The molecule has 0 saturated carbocycles. The SMILES string of the molecule is CCC(C)(CC)C(=O)/C=C(\O)C(C)(CC)CC.[2H]c1c([2H])c([2H])c2c(C(C)(C)C)c([2H])c(-c3nccc4c3sc3cc5c(cc34)C(C)(C)CCC5(C)C)[c-]c2c1[2H].[Ir]. The quantitative estimate of drug-likeness (QED) is 0.0959. The van der Waals surface area contributed by atoms with Gasteiger partial charge >= 0.3 is 0 Å². The van der Waals surface area contributed by atoms with E-state index in [-0.39, 0.29) is 83.5 Å². The molecule has 2 heterocycles. The molecule has 0 spiro atoms. The van der Waals surface area contributed by atoms with Crippen molar-refractivity contribution in [3.05, 3.63) is 89.2 Å². The second-order valence-electron chi connectivity index (χ2n) is 17.7. The van der Waals surface area contributed by atoms with E-state index >= 15 is 0 Å². The fourth-order valence-corrected chi connectivity index (χ4v) is 8.46. The second kappa shape index (κ2) is 15.7. The fraction of sp³-hybridized carbons (Fsp3) is 0.500. The van der Waals surface area contributed by atoms with E-state index in [9.17, 15) is 11.3 Å². The molecule has 3 aromatic carbocycles. The van der Waals surface area contributed by atoms with Crippen LogP contribution in [-0.2, 0) is 41.1 Å². The van der Waals surface area contributed by atoms with Crippen molar-refractivity contribution in [2.75, 3.05) is 0 Å². The Morgan fingerprint density at radius 3 is 2.02 bits per heavy atom. The Balaban J connectivity index is 0.000000353. The smallest absolute Gasteiger partial charge is 0.164 e. The minimum absolute atomic E-state index is 0. The van der Waals surface area contributed by atoms with E-state index in [2.05, 4.69) is 45.9 Å². The molecule has 3 nitrogen and oxygen atoms in total. The van der Waals surface area contributed by atoms with Crippen molar-refractivity contribution in [1.82, 2.24) is 4.98 Å². The van der Waals surface area contributed by atoms with Crippen molar-refractivity contribution >= 4 is 48.1 Å². The summed E-state index contributed by atoms with van der Waals surface area (Å²) in [5.74, 6) is 0.286. The Kier molecular flexibility index (Phi) is 10.6. The maximum Gasteiger partial charge on any atom is 0.164 e. The van der Waals surface area contributed by atoms with Crippen LogP contribution in [0.1, 0.15) is 152 Å². The Morgan fingerprint density at radius 2 is 1.45 bits per heavy atom. The van der Waals surface area contributed by atoms with E-state index in [1.807, 2.05) is 68.4 Å². The number of hydrogen-bond acceptors (Lipinski definition) is 4. The number of fused-ring (bicyclic) bond motifs is 5. The first-order valence-corrected chi connectivity index (χ1v) is 19.9. The van der Waals surface area contributed by atoms with Crippen molar-refractivity contribution < 1.29 is 36.9 Å². The first-order valence-electron chi connectivity index (χ1n) is 21.6. The Morgan fingerprint density at radius 1 is 0.887 bits per heavy atom. The van der Waals surface area contributed by atoms with Gasteiger partial charge in [-0.1, -0.05) is 119 Å². The maximum absolute atomic E-state index is 12.2. The number of aliphatic hydroxyl groups is 1. The van der Waals surface area contributed by atoms with Gasteiger partial charge in [0, 0.05) is 66.4 Å². The predicted molar refractivity (Wildman–Crippen MR) is 226 cm³/mol. The number of aromatic nitrogens is 1. The van der Waals surface area contributed by atoms with Crippen LogP contribution in [0.25, 0.3) is 42.2 Å². The van der Waals surface area contributed by atoms with Gasteiger partial charge < -0.3 is 5.11 Å². The molecule has 1 N–H and O–H groups in total. The number of carbonyl (C=O) groups is 1. The Bertz CT molecular complexity index is 2420. The summed E-state index contributed by atoms with van der Waals surface area (Å²) in [5, 5.41) is 13.1. The first-order chi connectivity index (χ1) is 26.3. The van der Waals surface area contributed by atoms with Crippen molar-refractivity contribution in [2.24, 2.45) is 10.8 Å². The number of carbonyl (C=O) groups excluding carboxylic acids is 1. The summed E-state index contributed by atoms with van der Waals surface area (Å²) in [6.07, 6.45) is 8.82. The van der Waals surface area contributed by atoms with E-state index in [0.717, 1.165) is 48.6 Å². The van der Waals surface area contributed by atoms with Crippen LogP contribution in [0.2, 0.25) is 0 Å². The number of thiophene rings is 1. The summed E-state index contributed by atoms with van der Waals surface area (Å²) in [6, 6.07) is 9.42. The van der Waals surface area contributed by atoms with Crippen LogP contribution in [0.4, 0.5) is 0 Å².